The predicted molar refractivity (Wildman–Crippen MR) is 179 cm³/mol. The normalized spacial score (nSPS) is 16.2. The maximum atomic E-state index is 13.5. The molecule has 16 heteroatoms. The van der Waals surface area contributed by atoms with Crippen molar-refractivity contribution in [1.29, 1.82) is 5.41 Å². The number of benzene rings is 1. The Morgan fingerprint density at radius 1 is 1.00 bits per heavy atom. The minimum Gasteiger partial charge on any atom is -0.388 e. The zero-order valence-electron chi connectivity index (χ0n) is 25.4. The van der Waals surface area contributed by atoms with Gasteiger partial charge in [-0.3, -0.25) is 28.8 Å². The van der Waals surface area contributed by atoms with Crippen molar-refractivity contribution in [2.75, 3.05) is 35.3 Å². The highest BCUT2D eigenvalue weighted by Gasteiger charge is 2.38. The summed E-state index contributed by atoms with van der Waals surface area (Å²) >= 11 is 3.30. The van der Waals surface area contributed by atoms with Crippen molar-refractivity contribution in [2.45, 2.75) is 11.3 Å². The molecule has 3 aromatic rings. The summed E-state index contributed by atoms with van der Waals surface area (Å²) in [6.07, 6.45) is 7.28. The van der Waals surface area contributed by atoms with E-state index in [4.69, 9.17) is 11.1 Å². The topological polar surface area (TPSA) is 193 Å². The number of hydrogen-bond donors (Lipinski definition) is 6. The average molecular weight is 714 g/mol. The number of nitrogens with two attached hydrogens (primary N) is 1. The minimum atomic E-state index is -1.13. The molecule has 1 aromatic carbocycles. The number of carbonyl (C=O) groups is 4. The summed E-state index contributed by atoms with van der Waals surface area (Å²) in [5, 5.41) is 16.1. The highest BCUT2D eigenvalue weighted by molar-refractivity contribution is 9.09. The quantitative estimate of drug-likeness (QED) is 0.0488. The lowest BCUT2D eigenvalue weighted by molar-refractivity contribution is -0.849. The number of nitrogens with zero attached hydrogens (tertiary/aromatic N) is 3. The minimum absolute atomic E-state index is 0.0342. The van der Waals surface area contributed by atoms with E-state index in [2.05, 4.69) is 37.3 Å². The van der Waals surface area contributed by atoms with Crippen LogP contribution >= 0.6 is 15.9 Å². The van der Waals surface area contributed by atoms with Crippen molar-refractivity contribution in [1.82, 2.24) is 19.9 Å². The van der Waals surface area contributed by atoms with Gasteiger partial charge in [0.1, 0.15) is 24.6 Å². The van der Waals surface area contributed by atoms with E-state index in [1.165, 1.54) is 12.1 Å². The van der Waals surface area contributed by atoms with Crippen LogP contribution in [0.5, 0.6) is 0 Å². The molecule has 0 radical (unpaired) electrons. The number of amides is 4. The van der Waals surface area contributed by atoms with Gasteiger partial charge in [0.25, 0.3) is 18.2 Å². The van der Waals surface area contributed by atoms with E-state index in [9.17, 15) is 23.4 Å². The maximum absolute atomic E-state index is 13.5. The molecule has 0 saturated carbocycles. The van der Waals surface area contributed by atoms with Crippen molar-refractivity contribution >= 4 is 73.6 Å². The molecule has 14 nitrogen and oxygen atoms in total. The molecule has 46 heavy (non-hydrogen) atoms. The molecular weight excluding hydrogens is 678 g/mol. The van der Waals surface area contributed by atoms with Gasteiger partial charge in [-0.05, 0) is 29.8 Å². The number of carbonyl (C=O) groups excluding carboxylic acids is 4. The van der Waals surface area contributed by atoms with Gasteiger partial charge in [0, 0.05) is 67.1 Å². The Labute approximate surface area is 276 Å². The van der Waals surface area contributed by atoms with Gasteiger partial charge in [-0.1, -0.05) is 28.1 Å². The van der Waals surface area contributed by atoms with Crippen LogP contribution in [0.1, 0.15) is 33.0 Å². The average Bonchev–Trinajstić information content (AvgIpc) is 3.67. The number of hydrogen-bond acceptors (Lipinski definition) is 6. The van der Waals surface area contributed by atoms with E-state index in [1.54, 1.807) is 67.1 Å². The predicted octanol–water partition coefficient (Wildman–Crippen LogP) is 2.16. The van der Waals surface area contributed by atoms with E-state index in [0.29, 0.717) is 45.0 Å². The van der Waals surface area contributed by atoms with E-state index in [-0.39, 0.29) is 40.7 Å². The van der Waals surface area contributed by atoms with Crippen LogP contribution in [0.4, 0.5) is 11.4 Å². The Balaban J connectivity index is 1.47. The molecule has 7 N–H and O–H groups in total. The third-order valence-corrected chi connectivity index (χ3v) is 9.42. The van der Waals surface area contributed by atoms with Crippen LogP contribution in [0.15, 0.2) is 71.7 Å². The van der Waals surface area contributed by atoms with Crippen molar-refractivity contribution < 1.29 is 28.0 Å². The summed E-state index contributed by atoms with van der Waals surface area (Å²) in [6, 6.07) is 10.2. The summed E-state index contributed by atoms with van der Waals surface area (Å²) < 4.78 is 15.1. The van der Waals surface area contributed by atoms with E-state index in [0.717, 1.165) is 5.56 Å². The Morgan fingerprint density at radius 2 is 1.59 bits per heavy atom. The molecule has 0 bridgehead atoms. The van der Waals surface area contributed by atoms with Crippen LogP contribution in [0.2, 0.25) is 0 Å². The summed E-state index contributed by atoms with van der Waals surface area (Å²) in [5.74, 6) is -0.888. The van der Waals surface area contributed by atoms with Crippen LogP contribution in [0.3, 0.4) is 0 Å². The van der Waals surface area contributed by atoms with Crippen molar-refractivity contribution in [2.24, 2.45) is 19.8 Å². The summed E-state index contributed by atoms with van der Waals surface area (Å²) in [5.41, 5.74) is 11.0. The molecule has 0 spiro atoms. The Bertz CT molecular complexity index is 1780. The number of alkyl halides is 1. The molecule has 4 amide bonds. The second-order valence-electron chi connectivity index (χ2n) is 10.6. The van der Waals surface area contributed by atoms with Crippen molar-refractivity contribution in [3.8, 4) is 0 Å². The summed E-state index contributed by atoms with van der Waals surface area (Å²) in [6.45, 7) is 0.213. The molecule has 2 aromatic heterocycles. The fourth-order valence-corrected chi connectivity index (χ4v) is 6.51. The molecule has 2 unspecified atom stereocenters. The highest BCUT2D eigenvalue weighted by Crippen LogP contribution is 2.32. The van der Waals surface area contributed by atoms with Gasteiger partial charge in [0.15, 0.2) is 0 Å². The lowest BCUT2D eigenvalue weighted by Gasteiger charge is -2.25. The van der Waals surface area contributed by atoms with Gasteiger partial charge in [0.2, 0.25) is 5.70 Å². The summed E-state index contributed by atoms with van der Waals surface area (Å²) in [4.78, 5) is 51.3. The molecule has 0 aliphatic carbocycles. The first-order valence-electron chi connectivity index (χ1n) is 14.0. The van der Waals surface area contributed by atoms with Gasteiger partial charge in [0.05, 0.1) is 28.0 Å². The number of rotatable bonds is 14. The zero-order chi connectivity index (χ0) is 33.6. The molecule has 242 valence electrons. The lowest BCUT2D eigenvalue weighted by Crippen LogP contribution is -2.50. The molecule has 0 fully saturated rings. The number of amidine groups is 1. The molecule has 1 aliphatic heterocycles. The molecule has 0 saturated heterocycles. The second kappa shape index (κ2) is 14.5. The van der Waals surface area contributed by atoms with Crippen LogP contribution in [0, 0.1) is 5.41 Å². The molecule has 1 aliphatic rings. The molecule has 2 atom stereocenters. The van der Waals surface area contributed by atoms with Crippen LogP contribution in [-0.4, -0.2) is 72.6 Å². The standard InChI is InChI=1S/C30H34BrN9O5S/c1-38-15-21(13-24(38)28(42)34-10-8-27(32)33)36-29(43)25-14-22(16-39(25)2)37-30(44)26-12-20(17-40(26,3)35-18-41)19-4-6-23(7-5-19)46(45)11-9-31/h4-7,12-18H,8-11H2,1-3H3,(H6-,32,33,34,35,36,37,41,42,43,44)/p+1. The third kappa shape index (κ3) is 7.88. The number of likely N-dealkylation sites (N-methyl/N-ethyl adjacent to an activating group) is 1. The smallest absolute Gasteiger partial charge is 0.312 e. The number of aromatic nitrogens is 2. The van der Waals surface area contributed by atoms with Crippen molar-refractivity contribution in [3.63, 3.8) is 0 Å². The Hall–Kier alpha value is -4.80. The highest BCUT2D eigenvalue weighted by atomic mass is 79.9. The SMILES string of the molecule is Cn1cc(NC(=O)c2cc(NC(=O)C3=CC(c4ccc(S(=O)CCBr)cc4)=C[N+]3(C)NC=O)cn2C)cc1C(=O)NCCC(=N)N. The monoisotopic (exact) mass is 712 g/mol. The van der Waals surface area contributed by atoms with Gasteiger partial charge >= 0.3 is 5.91 Å². The fraction of sp³-hybridized carbons (Fsp3) is 0.233. The number of halogens is 1. The first-order chi connectivity index (χ1) is 21.8. The lowest BCUT2D eigenvalue weighted by atomic mass is 10.1. The number of nitrogens with one attached hydrogen (secondary N) is 5. The van der Waals surface area contributed by atoms with Crippen LogP contribution in [-0.2, 0) is 34.5 Å². The fourth-order valence-electron chi connectivity index (χ4n) is 4.81. The van der Waals surface area contributed by atoms with Crippen LogP contribution < -0.4 is 27.1 Å². The van der Waals surface area contributed by atoms with E-state index >= 15 is 0 Å². The number of allylic oxidation sites excluding steroid dienone is 2. The Kier molecular flexibility index (Phi) is 10.8. The van der Waals surface area contributed by atoms with Gasteiger partial charge < -0.3 is 30.8 Å². The largest absolute Gasteiger partial charge is 0.388 e. The van der Waals surface area contributed by atoms with E-state index in [1.807, 2.05) is 12.1 Å². The molecule has 4 rings (SSSR count). The maximum Gasteiger partial charge on any atom is 0.312 e. The van der Waals surface area contributed by atoms with Gasteiger partial charge in [-0.25, -0.2) is 0 Å². The Morgan fingerprint density at radius 3 is 2.15 bits per heavy atom. The first kappa shape index (κ1) is 34.1. The van der Waals surface area contributed by atoms with Gasteiger partial charge in [-0.15, -0.1) is 0 Å². The number of quaternary nitrogens is 1. The number of anilines is 2. The van der Waals surface area contributed by atoms with E-state index < -0.39 is 22.6 Å². The van der Waals surface area contributed by atoms with Crippen LogP contribution in [0.25, 0.3) is 5.57 Å². The summed E-state index contributed by atoms with van der Waals surface area (Å²) in [7, 11) is 3.83. The number of aryl methyl sites for hydroxylation is 2. The first-order valence-corrected chi connectivity index (χ1v) is 16.4. The van der Waals surface area contributed by atoms with Gasteiger partial charge in [-0.2, -0.15) is 10.0 Å². The third-order valence-electron chi connectivity index (χ3n) is 7.13. The zero-order valence-corrected chi connectivity index (χ0v) is 27.8. The van der Waals surface area contributed by atoms with Crippen molar-refractivity contribution in [3.05, 3.63) is 83.7 Å². The second-order valence-corrected chi connectivity index (χ2v) is 13.0. The molecule has 3 heterocycles. The molecular formula is C30H35BrN9O5S+.